The molecule has 1 aromatic heterocycles. The lowest BCUT2D eigenvalue weighted by Gasteiger charge is -2.18. The first-order valence-electron chi connectivity index (χ1n) is 4.30. The standard InChI is InChI=1S/C8H11NO3S2/c10-8(1-4-14(11,12)6-8)5-7-9-2-3-13-7/h2-3,10H,1,4-6H2. The molecule has 0 radical (unpaired) electrons. The number of aliphatic hydroxyl groups is 1. The zero-order valence-electron chi connectivity index (χ0n) is 7.51. The maximum Gasteiger partial charge on any atom is 0.153 e. The van der Waals surface area contributed by atoms with E-state index in [1.807, 2.05) is 5.38 Å². The molecule has 1 saturated heterocycles. The molecule has 0 spiro atoms. The van der Waals surface area contributed by atoms with Gasteiger partial charge in [-0.2, -0.15) is 0 Å². The number of sulfone groups is 1. The maximum absolute atomic E-state index is 11.2. The van der Waals surface area contributed by atoms with Crippen LogP contribution in [0.2, 0.25) is 0 Å². The molecule has 1 aromatic rings. The molecule has 0 aromatic carbocycles. The highest BCUT2D eigenvalue weighted by Gasteiger charge is 2.40. The quantitative estimate of drug-likeness (QED) is 0.794. The van der Waals surface area contributed by atoms with Gasteiger partial charge in [-0.3, -0.25) is 0 Å². The number of hydrogen-bond donors (Lipinski definition) is 1. The summed E-state index contributed by atoms with van der Waals surface area (Å²) in [7, 11) is -3.03. The number of rotatable bonds is 2. The van der Waals surface area contributed by atoms with Crippen molar-refractivity contribution >= 4 is 21.2 Å². The van der Waals surface area contributed by atoms with Crippen molar-refractivity contribution in [3.8, 4) is 0 Å². The molecule has 14 heavy (non-hydrogen) atoms. The molecule has 2 heterocycles. The van der Waals surface area contributed by atoms with Crippen LogP contribution in [0.15, 0.2) is 11.6 Å². The second kappa shape index (κ2) is 3.29. The molecule has 0 saturated carbocycles. The summed E-state index contributed by atoms with van der Waals surface area (Å²) in [6.45, 7) is 0. The van der Waals surface area contributed by atoms with Crippen LogP contribution in [0.25, 0.3) is 0 Å². The van der Waals surface area contributed by atoms with Gasteiger partial charge in [0.2, 0.25) is 0 Å². The van der Waals surface area contributed by atoms with E-state index in [4.69, 9.17) is 0 Å². The monoisotopic (exact) mass is 233 g/mol. The van der Waals surface area contributed by atoms with Gasteiger partial charge in [-0.25, -0.2) is 13.4 Å². The minimum atomic E-state index is -3.03. The predicted molar refractivity (Wildman–Crippen MR) is 54.0 cm³/mol. The zero-order valence-corrected chi connectivity index (χ0v) is 9.14. The molecule has 1 aliphatic rings. The Labute approximate surface area is 86.5 Å². The van der Waals surface area contributed by atoms with Crippen molar-refractivity contribution in [2.45, 2.75) is 18.4 Å². The fourth-order valence-electron chi connectivity index (χ4n) is 1.66. The highest BCUT2D eigenvalue weighted by molar-refractivity contribution is 7.91. The van der Waals surface area contributed by atoms with Gasteiger partial charge in [-0.1, -0.05) is 0 Å². The molecular formula is C8H11NO3S2. The van der Waals surface area contributed by atoms with E-state index in [1.54, 1.807) is 6.20 Å². The first-order valence-corrected chi connectivity index (χ1v) is 7.00. The molecule has 0 aliphatic carbocycles. The van der Waals surface area contributed by atoms with Crippen molar-refractivity contribution in [3.63, 3.8) is 0 Å². The minimum absolute atomic E-state index is 0.0921. The van der Waals surface area contributed by atoms with Crippen LogP contribution in [-0.2, 0) is 16.3 Å². The molecule has 4 nitrogen and oxygen atoms in total. The lowest BCUT2D eigenvalue weighted by molar-refractivity contribution is 0.0681. The average Bonchev–Trinajstić information content (AvgIpc) is 2.60. The molecule has 0 amide bonds. The summed E-state index contributed by atoms with van der Waals surface area (Å²) in [6.07, 6.45) is 2.34. The van der Waals surface area contributed by atoms with Crippen LogP contribution in [0.4, 0.5) is 0 Å². The van der Waals surface area contributed by atoms with Crippen LogP contribution in [0.5, 0.6) is 0 Å². The molecule has 1 N–H and O–H groups in total. The second-order valence-electron chi connectivity index (χ2n) is 3.67. The van der Waals surface area contributed by atoms with E-state index in [1.165, 1.54) is 11.3 Å². The molecular weight excluding hydrogens is 222 g/mol. The number of nitrogens with zero attached hydrogens (tertiary/aromatic N) is 1. The fourth-order valence-corrected chi connectivity index (χ4v) is 4.31. The van der Waals surface area contributed by atoms with Crippen molar-refractivity contribution in [2.75, 3.05) is 11.5 Å². The Hall–Kier alpha value is -0.460. The third-order valence-electron chi connectivity index (χ3n) is 2.33. The SMILES string of the molecule is O=S1(=O)CCC(O)(Cc2nccs2)C1. The van der Waals surface area contributed by atoms with Crippen molar-refractivity contribution in [3.05, 3.63) is 16.6 Å². The number of hydrogen-bond acceptors (Lipinski definition) is 5. The van der Waals surface area contributed by atoms with Gasteiger partial charge in [0.15, 0.2) is 9.84 Å². The Bertz CT molecular complexity index is 412. The summed E-state index contributed by atoms with van der Waals surface area (Å²) in [4.78, 5) is 4.04. The van der Waals surface area contributed by atoms with E-state index in [0.717, 1.165) is 5.01 Å². The minimum Gasteiger partial charge on any atom is -0.388 e. The van der Waals surface area contributed by atoms with Crippen LogP contribution < -0.4 is 0 Å². The summed E-state index contributed by atoms with van der Waals surface area (Å²) in [6, 6.07) is 0. The number of thiazole rings is 1. The second-order valence-corrected chi connectivity index (χ2v) is 6.83. The van der Waals surface area contributed by atoms with Crippen LogP contribution in [0.1, 0.15) is 11.4 Å². The molecule has 0 bridgehead atoms. The van der Waals surface area contributed by atoms with E-state index < -0.39 is 15.4 Å². The molecule has 1 atom stereocenters. The Morgan fingerprint density at radius 3 is 2.93 bits per heavy atom. The van der Waals surface area contributed by atoms with Crippen molar-refractivity contribution in [2.24, 2.45) is 0 Å². The van der Waals surface area contributed by atoms with Crippen molar-refractivity contribution in [1.82, 2.24) is 4.98 Å². The molecule has 1 unspecified atom stereocenters. The summed E-state index contributed by atoms with van der Waals surface area (Å²) in [5.74, 6) is -0.0333. The van der Waals surface area contributed by atoms with Gasteiger partial charge in [0.05, 0.1) is 22.1 Å². The van der Waals surface area contributed by atoms with E-state index >= 15 is 0 Å². The third kappa shape index (κ3) is 2.13. The average molecular weight is 233 g/mol. The zero-order chi connectivity index (χ0) is 10.2. The Kier molecular flexibility index (Phi) is 2.36. The lowest BCUT2D eigenvalue weighted by Crippen LogP contribution is -2.32. The largest absolute Gasteiger partial charge is 0.388 e. The lowest BCUT2D eigenvalue weighted by atomic mass is 10.0. The van der Waals surface area contributed by atoms with Crippen LogP contribution in [0, 0.1) is 0 Å². The fraction of sp³-hybridized carbons (Fsp3) is 0.625. The van der Waals surface area contributed by atoms with E-state index in [9.17, 15) is 13.5 Å². The van der Waals surface area contributed by atoms with Gasteiger partial charge >= 0.3 is 0 Å². The third-order valence-corrected chi connectivity index (χ3v) is 4.91. The summed E-state index contributed by atoms with van der Waals surface area (Å²) < 4.78 is 22.4. The van der Waals surface area contributed by atoms with Gasteiger partial charge in [-0.05, 0) is 6.42 Å². The van der Waals surface area contributed by atoms with E-state index in [-0.39, 0.29) is 11.5 Å². The molecule has 6 heteroatoms. The maximum atomic E-state index is 11.2. The normalized spacial score (nSPS) is 30.6. The van der Waals surface area contributed by atoms with Gasteiger partial charge in [-0.15, -0.1) is 11.3 Å². The highest BCUT2D eigenvalue weighted by atomic mass is 32.2. The van der Waals surface area contributed by atoms with Crippen molar-refractivity contribution < 1.29 is 13.5 Å². The van der Waals surface area contributed by atoms with Gasteiger partial charge in [0.25, 0.3) is 0 Å². The Balaban J connectivity index is 2.12. The van der Waals surface area contributed by atoms with Gasteiger partial charge < -0.3 is 5.11 Å². The number of aromatic nitrogens is 1. The first-order chi connectivity index (χ1) is 6.49. The van der Waals surface area contributed by atoms with Crippen molar-refractivity contribution in [1.29, 1.82) is 0 Å². The molecule has 2 rings (SSSR count). The van der Waals surface area contributed by atoms with Gasteiger partial charge in [0.1, 0.15) is 0 Å². The van der Waals surface area contributed by atoms with E-state index in [2.05, 4.69) is 4.98 Å². The smallest absolute Gasteiger partial charge is 0.153 e. The Morgan fingerprint density at radius 1 is 1.64 bits per heavy atom. The van der Waals surface area contributed by atoms with Gasteiger partial charge in [0, 0.05) is 18.0 Å². The molecule has 1 aliphatic heterocycles. The molecule has 78 valence electrons. The van der Waals surface area contributed by atoms with Crippen LogP contribution in [0.3, 0.4) is 0 Å². The highest BCUT2D eigenvalue weighted by Crippen LogP contribution is 2.27. The summed E-state index contributed by atoms with van der Waals surface area (Å²) >= 11 is 1.44. The van der Waals surface area contributed by atoms with Crippen LogP contribution >= 0.6 is 11.3 Å². The predicted octanol–water partition coefficient (Wildman–Crippen LogP) is 0.235. The topological polar surface area (TPSA) is 67.3 Å². The molecule has 1 fully saturated rings. The van der Waals surface area contributed by atoms with E-state index in [0.29, 0.717) is 12.8 Å². The summed E-state index contributed by atoms with van der Waals surface area (Å²) in [5, 5.41) is 12.6. The van der Waals surface area contributed by atoms with Crippen LogP contribution in [-0.4, -0.2) is 35.6 Å². The summed E-state index contributed by atoms with van der Waals surface area (Å²) in [5.41, 5.74) is -1.09. The first kappa shape index (κ1) is 10.1. The Morgan fingerprint density at radius 2 is 2.43 bits per heavy atom.